The average Bonchev–Trinajstić information content (AvgIpc) is 2.29. The molecule has 3 nitrogen and oxygen atoms in total. The predicted molar refractivity (Wildman–Crippen MR) is 66.5 cm³/mol. The van der Waals surface area contributed by atoms with E-state index in [-0.39, 0.29) is 5.92 Å². The number of hydrogen-bond acceptors (Lipinski definition) is 3. The van der Waals surface area contributed by atoms with Gasteiger partial charge in [0.1, 0.15) is 0 Å². The van der Waals surface area contributed by atoms with Crippen molar-refractivity contribution in [2.45, 2.75) is 0 Å². The summed E-state index contributed by atoms with van der Waals surface area (Å²) < 4.78 is 16.1. The molecule has 0 fully saturated rings. The second-order valence-electron chi connectivity index (χ2n) is 3.34. The standard InChI is InChI=1S/C13H22O3/c1-4-7-14-10-13(11-15-8-5-2)12-16-9-6-3/h4-6,13H,1-3,7-12H2. The molecule has 0 aromatic carbocycles. The fourth-order valence-corrected chi connectivity index (χ4v) is 1.10. The smallest absolute Gasteiger partial charge is 0.0645 e. The molecule has 0 rings (SSSR count). The van der Waals surface area contributed by atoms with Crippen LogP contribution in [0.4, 0.5) is 0 Å². The van der Waals surface area contributed by atoms with Gasteiger partial charge in [-0.1, -0.05) is 18.2 Å². The van der Waals surface area contributed by atoms with Crippen molar-refractivity contribution in [3.8, 4) is 0 Å². The summed E-state index contributed by atoms with van der Waals surface area (Å²) in [6, 6.07) is 0. The molecule has 0 aliphatic heterocycles. The van der Waals surface area contributed by atoms with Crippen LogP contribution in [-0.2, 0) is 14.2 Å². The molecule has 0 spiro atoms. The van der Waals surface area contributed by atoms with Gasteiger partial charge in [0.05, 0.1) is 39.6 Å². The highest BCUT2D eigenvalue weighted by Gasteiger charge is 2.09. The van der Waals surface area contributed by atoms with E-state index in [1.54, 1.807) is 18.2 Å². The molecule has 92 valence electrons. The van der Waals surface area contributed by atoms with Gasteiger partial charge in [-0.3, -0.25) is 0 Å². The summed E-state index contributed by atoms with van der Waals surface area (Å²) in [5.74, 6) is 0.236. The zero-order valence-corrected chi connectivity index (χ0v) is 9.90. The minimum Gasteiger partial charge on any atom is -0.377 e. The van der Waals surface area contributed by atoms with Gasteiger partial charge in [0.15, 0.2) is 0 Å². The number of ether oxygens (including phenoxy) is 3. The summed E-state index contributed by atoms with van der Waals surface area (Å²) in [5.41, 5.74) is 0. The maximum atomic E-state index is 5.38. The van der Waals surface area contributed by atoms with Crippen molar-refractivity contribution in [3.63, 3.8) is 0 Å². The Kier molecular flexibility index (Phi) is 11.5. The van der Waals surface area contributed by atoms with Gasteiger partial charge in [0.2, 0.25) is 0 Å². The van der Waals surface area contributed by atoms with Crippen molar-refractivity contribution in [2.75, 3.05) is 39.6 Å². The van der Waals surface area contributed by atoms with Gasteiger partial charge in [0, 0.05) is 5.92 Å². The molecule has 16 heavy (non-hydrogen) atoms. The summed E-state index contributed by atoms with van der Waals surface area (Å²) in [6.45, 7) is 14.3. The lowest BCUT2D eigenvalue weighted by Gasteiger charge is -2.16. The third kappa shape index (κ3) is 9.65. The fourth-order valence-electron chi connectivity index (χ4n) is 1.10. The van der Waals surface area contributed by atoms with Gasteiger partial charge < -0.3 is 14.2 Å². The van der Waals surface area contributed by atoms with E-state index >= 15 is 0 Å². The molecule has 0 aromatic heterocycles. The van der Waals surface area contributed by atoms with Crippen LogP contribution in [0.3, 0.4) is 0 Å². The molecule has 0 radical (unpaired) electrons. The molecule has 0 atom stereocenters. The Hall–Kier alpha value is -0.900. The SMILES string of the molecule is C=CCOCC(COCC=C)COCC=C. The lowest BCUT2D eigenvalue weighted by atomic mass is 10.2. The van der Waals surface area contributed by atoms with Crippen LogP contribution in [-0.4, -0.2) is 39.6 Å². The fraction of sp³-hybridized carbons (Fsp3) is 0.538. The Balaban J connectivity index is 3.69. The summed E-state index contributed by atoms with van der Waals surface area (Å²) >= 11 is 0. The lowest BCUT2D eigenvalue weighted by Crippen LogP contribution is -2.22. The first-order valence-corrected chi connectivity index (χ1v) is 5.41. The Bertz CT molecular complexity index is 156. The molecule has 0 aliphatic carbocycles. The van der Waals surface area contributed by atoms with Gasteiger partial charge in [-0.05, 0) is 0 Å². The van der Waals surface area contributed by atoms with Crippen LogP contribution >= 0.6 is 0 Å². The van der Waals surface area contributed by atoms with Crippen LogP contribution in [0.1, 0.15) is 0 Å². The second-order valence-corrected chi connectivity index (χ2v) is 3.34. The number of rotatable bonds is 12. The van der Waals surface area contributed by atoms with Crippen LogP contribution < -0.4 is 0 Å². The first-order chi connectivity index (χ1) is 7.85. The van der Waals surface area contributed by atoms with Crippen molar-refractivity contribution in [3.05, 3.63) is 38.0 Å². The van der Waals surface area contributed by atoms with Crippen molar-refractivity contribution >= 4 is 0 Å². The van der Waals surface area contributed by atoms with E-state index in [2.05, 4.69) is 19.7 Å². The van der Waals surface area contributed by atoms with E-state index in [9.17, 15) is 0 Å². The number of hydrogen-bond donors (Lipinski definition) is 0. The Labute approximate surface area is 98.4 Å². The molecule has 0 aromatic rings. The molecule has 0 bridgehead atoms. The molecule has 0 heterocycles. The lowest BCUT2D eigenvalue weighted by molar-refractivity contribution is 0.0118. The van der Waals surface area contributed by atoms with Gasteiger partial charge in [-0.25, -0.2) is 0 Å². The van der Waals surface area contributed by atoms with Gasteiger partial charge in [-0.15, -0.1) is 19.7 Å². The zero-order valence-electron chi connectivity index (χ0n) is 9.90. The summed E-state index contributed by atoms with van der Waals surface area (Å²) in [6.07, 6.45) is 5.19. The summed E-state index contributed by atoms with van der Waals surface area (Å²) in [5, 5.41) is 0. The van der Waals surface area contributed by atoms with E-state index < -0.39 is 0 Å². The zero-order chi connectivity index (χ0) is 12.1. The molecular weight excluding hydrogens is 204 g/mol. The molecular formula is C13H22O3. The molecule has 0 saturated carbocycles. The quantitative estimate of drug-likeness (QED) is 0.377. The first kappa shape index (κ1) is 15.1. The minimum absolute atomic E-state index is 0.236. The Morgan fingerprint density at radius 3 is 1.25 bits per heavy atom. The summed E-state index contributed by atoms with van der Waals surface area (Å²) in [7, 11) is 0. The van der Waals surface area contributed by atoms with Crippen LogP contribution in [0.25, 0.3) is 0 Å². The largest absolute Gasteiger partial charge is 0.377 e. The van der Waals surface area contributed by atoms with E-state index in [0.717, 1.165) is 0 Å². The monoisotopic (exact) mass is 226 g/mol. The summed E-state index contributed by atoms with van der Waals surface area (Å²) in [4.78, 5) is 0. The third-order valence-electron chi connectivity index (χ3n) is 1.77. The molecule has 3 heteroatoms. The highest BCUT2D eigenvalue weighted by Crippen LogP contribution is 2.01. The third-order valence-corrected chi connectivity index (χ3v) is 1.77. The molecule has 0 unspecified atom stereocenters. The van der Waals surface area contributed by atoms with Gasteiger partial charge in [0.25, 0.3) is 0 Å². The predicted octanol–water partition coefficient (Wildman–Crippen LogP) is 2.21. The topological polar surface area (TPSA) is 27.7 Å². The van der Waals surface area contributed by atoms with E-state index in [1.165, 1.54) is 0 Å². The van der Waals surface area contributed by atoms with Crippen LogP contribution in [0.2, 0.25) is 0 Å². The maximum Gasteiger partial charge on any atom is 0.0645 e. The first-order valence-electron chi connectivity index (χ1n) is 5.41. The molecule has 0 amide bonds. The van der Waals surface area contributed by atoms with E-state index in [4.69, 9.17) is 14.2 Å². The minimum atomic E-state index is 0.236. The van der Waals surface area contributed by atoms with Crippen molar-refractivity contribution in [2.24, 2.45) is 5.92 Å². The molecule has 0 saturated heterocycles. The maximum absolute atomic E-state index is 5.38. The average molecular weight is 226 g/mol. The normalized spacial score (nSPS) is 10.3. The van der Waals surface area contributed by atoms with Gasteiger partial charge in [-0.2, -0.15) is 0 Å². The Morgan fingerprint density at radius 1 is 0.688 bits per heavy atom. The van der Waals surface area contributed by atoms with Crippen molar-refractivity contribution in [1.29, 1.82) is 0 Å². The molecule has 0 aliphatic rings. The van der Waals surface area contributed by atoms with Gasteiger partial charge >= 0.3 is 0 Å². The van der Waals surface area contributed by atoms with E-state index in [0.29, 0.717) is 39.6 Å². The van der Waals surface area contributed by atoms with Crippen LogP contribution in [0.15, 0.2) is 38.0 Å². The highest BCUT2D eigenvalue weighted by molar-refractivity contribution is 4.68. The Morgan fingerprint density at radius 2 is 1.00 bits per heavy atom. The highest BCUT2D eigenvalue weighted by atomic mass is 16.5. The van der Waals surface area contributed by atoms with Crippen molar-refractivity contribution in [1.82, 2.24) is 0 Å². The van der Waals surface area contributed by atoms with Crippen molar-refractivity contribution < 1.29 is 14.2 Å². The van der Waals surface area contributed by atoms with Crippen LogP contribution in [0, 0.1) is 5.92 Å². The van der Waals surface area contributed by atoms with E-state index in [1.807, 2.05) is 0 Å². The second kappa shape index (κ2) is 12.2. The van der Waals surface area contributed by atoms with Crippen LogP contribution in [0.5, 0.6) is 0 Å². The molecule has 0 N–H and O–H groups in total.